The Morgan fingerprint density at radius 1 is 1.12 bits per heavy atom. The van der Waals surface area contributed by atoms with Crippen LogP contribution in [0.2, 0.25) is 10.0 Å². The van der Waals surface area contributed by atoms with E-state index in [0.29, 0.717) is 33.3 Å². The maximum Gasteiger partial charge on any atom is 0.258 e. The Morgan fingerprint density at radius 3 is 2.47 bits per heavy atom. The highest BCUT2D eigenvalue weighted by molar-refractivity contribution is 6.31. The van der Waals surface area contributed by atoms with E-state index in [-0.39, 0.29) is 30.3 Å². The zero-order valence-corrected chi connectivity index (χ0v) is 19.3. The molecular weight excluding hydrogens is 451 g/mol. The van der Waals surface area contributed by atoms with E-state index in [1.54, 1.807) is 47.4 Å². The van der Waals surface area contributed by atoms with Crippen molar-refractivity contribution in [2.24, 2.45) is 0 Å². The standard InChI is InChI=1S/C23H24Cl2N4O3/c1-3-10-29(13-21-27-20-11-17(25)8-9-18(20)23(32)28-21)22(31)12-19(26-14(2)30)15-4-6-16(24)7-5-15/h4-9,11,19H,3,10,12-13H2,1-2H3,(H,26,30)(H,27,28,32). The van der Waals surface area contributed by atoms with Crippen LogP contribution in [0, 0.1) is 0 Å². The van der Waals surface area contributed by atoms with Gasteiger partial charge in [0.2, 0.25) is 11.8 Å². The molecule has 168 valence electrons. The van der Waals surface area contributed by atoms with E-state index in [1.165, 1.54) is 6.92 Å². The van der Waals surface area contributed by atoms with Crippen LogP contribution in [0.5, 0.6) is 0 Å². The van der Waals surface area contributed by atoms with Gasteiger partial charge < -0.3 is 15.2 Å². The van der Waals surface area contributed by atoms with Gasteiger partial charge in [0.15, 0.2) is 0 Å². The molecule has 0 bridgehead atoms. The minimum Gasteiger partial charge on any atom is -0.349 e. The van der Waals surface area contributed by atoms with Gasteiger partial charge in [0.1, 0.15) is 5.82 Å². The van der Waals surface area contributed by atoms with E-state index in [2.05, 4.69) is 15.3 Å². The topological polar surface area (TPSA) is 95.2 Å². The molecule has 0 spiro atoms. The highest BCUT2D eigenvalue weighted by Crippen LogP contribution is 2.21. The van der Waals surface area contributed by atoms with E-state index < -0.39 is 6.04 Å². The van der Waals surface area contributed by atoms with Gasteiger partial charge in [-0.05, 0) is 42.3 Å². The van der Waals surface area contributed by atoms with Crippen LogP contribution in [0.4, 0.5) is 0 Å². The van der Waals surface area contributed by atoms with Gasteiger partial charge in [0.25, 0.3) is 5.56 Å². The smallest absolute Gasteiger partial charge is 0.258 e. The van der Waals surface area contributed by atoms with Gasteiger partial charge in [-0.3, -0.25) is 14.4 Å². The number of rotatable bonds is 8. The van der Waals surface area contributed by atoms with Crippen molar-refractivity contribution in [2.45, 2.75) is 39.3 Å². The molecule has 3 aromatic rings. The van der Waals surface area contributed by atoms with Gasteiger partial charge in [0, 0.05) is 23.5 Å². The van der Waals surface area contributed by atoms with Crippen molar-refractivity contribution >= 4 is 45.9 Å². The lowest BCUT2D eigenvalue weighted by Crippen LogP contribution is -2.36. The van der Waals surface area contributed by atoms with Crippen molar-refractivity contribution in [3.05, 3.63) is 74.3 Å². The third-order valence-corrected chi connectivity index (χ3v) is 5.42. The molecular formula is C23H24Cl2N4O3. The number of nitrogens with one attached hydrogen (secondary N) is 2. The summed E-state index contributed by atoms with van der Waals surface area (Å²) in [6.07, 6.45) is 0.784. The van der Waals surface area contributed by atoms with Crippen LogP contribution in [0.15, 0.2) is 47.3 Å². The summed E-state index contributed by atoms with van der Waals surface area (Å²) < 4.78 is 0. The number of carbonyl (C=O) groups excluding carboxylic acids is 2. The first kappa shape index (κ1) is 23.8. The Kier molecular flexibility index (Phi) is 7.88. The number of hydrogen-bond acceptors (Lipinski definition) is 4. The second-order valence-corrected chi connectivity index (χ2v) is 8.37. The maximum absolute atomic E-state index is 13.2. The summed E-state index contributed by atoms with van der Waals surface area (Å²) >= 11 is 12.0. The molecule has 32 heavy (non-hydrogen) atoms. The summed E-state index contributed by atoms with van der Waals surface area (Å²) in [7, 11) is 0. The molecule has 9 heteroatoms. The number of aromatic amines is 1. The highest BCUT2D eigenvalue weighted by atomic mass is 35.5. The fourth-order valence-electron chi connectivity index (χ4n) is 3.47. The van der Waals surface area contributed by atoms with Gasteiger partial charge in [-0.15, -0.1) is 0 Å². The normalized spacial score (nSPS) is 11.9. The molecule has 0 fully saturated rings. The molecule has 0 saturated heterocycles. The number of benzene rings is 2. The first-order valence-electron chi connectivity index (χ1n) is 10.3. The molecule has 1 unspecified atom stereocenters. The van der Waals surface area contributed by atoms with Crippen LogP contribution in [-0.4, -0.2) is 33.2 Å². The lowest BCUT2D eigenvalue weighted by atomic mass is 10.0. The molecule has 1 heterocycles. The second-order valence-electron chi connectivity index (χ2n) is 7.50. The third-order valence-electron chi connectivity index (χ3n) is 4.93. The van der Waals surface area contributed by atoms with Crippen LogP contribution >= 0.6 is 23.2 Å². The number of nitrogens with zero attached hydrogens (tertiary/aromatic N) is 2. The summed E-state index contributed by atoms with van der Waals surface area (Å²) in [6, 6.07) is 11.4. The van der Waals surface area contributed by atoms with E-state index in [9.17, 15) is 14.4 Å². The fraction of sp³-hybridized carbons (Fsp3) is 0.304. The average Bonchev–Trinajstić information content (AvgIpc) is 2.73. The number of aromatic nitrogens is 2. The van der Waals surface area contributed by atoms with Crippen LogP contribution in [-0.2, 0) is 16.1 Å². The summed E-state index contributed by atoms with van der Waals surface area (Å²) in [4.78, 5) is 46.2. The lowest BCUT2D eigenvalue weighted by molar-refractivity contribution is -0.132. The summed E-state index contributed by atoms with van der Waals surface area (Å²) in [5.74, 6) is -0.0410. The number of amides is 2. The summed E-state index contributed by atoms with van der Waals surface area (Å²) in [5.41, 5.74) is 0.960. The second kappa shape index (κ2) is 10.6. The van der Waals surface area contributed by atoms with E-state index >= 15 is 0 Å². The molecule has 7 nitrogen and oxygen atoms in total. The fourth-order valence-corrected chi connectivity index (χ4v) is 3.77. The van der Waals surface area contributed by atoms with Crippen LogP contribution < -0.4 is 10.9 Å². The van der Waals surface area contributed by atoms with Gasteiger partial charge in [0.05, 0.1) is 29.9 Å². The third kappa shape index (κ3) is 6.08. The SMILES string of the molecule is CCCN(Cc1nc2cc(Cl)ccc2c(=O)[nH]1)C(=O)CC(NC(C)=O)c1ccc(Cl)cc1. The van der Waals surface area contributed by atoms with Crippen molar-refractivity contribution in [2.75, 3.05) is 6.54 Å². The first-order chi connectivity index (χ1) is 15.3. The Bertz CT molecular complexity index is 1180. The van der Waals surface area contributed by atoms with Gasteiger partial charge in [-0.1, -0.05) is 42.3 Å². The number of halogens is 2. The van der Waals surface area contributed by atoms with E-state index in [0.717, 1.165) is 12.0 Å². The number of fused-ring (bicyclic) bond motifs is 1. The minimum absolute atomic E-state index is 0.0604. The Labute approximate surface area is 195 Å². The van der Waals surface area contributed by atoms with Gasteiger partial charge in [-0.25, -0.2) is 4.98 Å². The van der Waals surface area contributed by atoms with Crippen molar-refractivity contribution in [1.29, 1.82) is 0 Å². The largest absolute Gasteiger partial charge is 0.349 e. The number of H-pyrrole nitrogens is 1. The van der Waals surface area contributed by atoms with Crippen LogP contribution in [0.3, 0.4) is 0 Å². The molecule has 3 rings (SSSR count). The quantitative estimate of drug-likeness (QED) is 0.510. The molecule has 1 aromatic heterocycles. The predicted molar refractivity (Wildman–Crippen MR) is 126 cm³/mol. The van der Waals surface area contributed by atoms with Crippen molar-refractivity contribution < 1.29 is 9.59 Å². The number of carbonyl (C=O) groups is 2. The average molecular weight is 475 g/mol. The molecule has 2 amide bonds. The highest BCUT2D eigenvalue weighted by Gasteiger charge is 2.22. The molecule has 2 N–H and O–H groups in total. The van der Waals surface area contributed by atoms with Crippen molar-refractivity contribution in [3.8, 4) is 0 Å². The number of hydrogen-bond donors (Lipinski definition) is 2. The molecule has 0 radical (unpaired) electrons. The summed E-state index contributed by atoms with van der Waals surface area (Å²) in [5, 5.41) is 4.31. The monoisotopic (exact) mass is 474 g/mol. The molecule has 2 aromatic carbocycles. The van der Waals surface area contributed by atoms with Crippen molar-refractivity contribution in [1.82, 2.24) is 20.2 Å². The Morgan fingerprint density at radius 2 is 1.81 bits per heavy atom. The summed E-state index contributed by atoms with van der Waals surface area (Å²) in [6.45, 7) is 3.98. The molecule has 0 aliphatic heterocycles. The van der Waals surface area contributed by atoms with E-state index in [4.69, 9.17) is 23.2 Å². The molecule has 0 saturated carbocycles. The van der Waals surface area contributed by atoms with Gasteiger partial charge >= 0.3 is 0 Å². The van der Waals surface area contributed by atoms with Crippen LogP contribution in [0.1, 0.15) is 44.1 Å². The zero-order valence-electron chi connectivity index (χ0n) is 17.8. The maximum atomic E-state index is 13.2. The van der Waals surface area contributed by atoms with Gasteiger partial charge in [-0.2, -0.15) is 0 Å². The first-order valence-corrected chi connectivity index (χ1v) is 11.0. The molecule has 0 aliphatic carbocycles. The van der Waals surface area contributed by atoms with E-state index in [1.807, 2.05) is 6.92 Å². The van der Waals surface area contributed by atoms with Crippen molar-refractivity contribution in [3.63, 3.8) is 0 Å². The lowest BCUT2D eigenvalue weighted by Gasteiger charge is -2.25. The predicted octanol–water partition coefficient (Wildman–Crippen LogP) is 4.24. The Hall–Kier alpha value is -2.90. The minimum atomic E-state index is -0.501. The molecule has 0 aliphatic rings. The Balaban J connectivity index is 1.84. The van der Waals surface area contributed by atoms with Crippen LogP contribution in [0.25, 0.3) is 10.9 Å². The molecule has 1 atom stereocenters. The zero-order chi connectivity index (χ0) is 23.3.